The number of pyridine rings is 1. The van der Waals surface area contributed by atoms with E-state index in [4.69, 9.17) is 21.3 Å². The number of nitrogens with zero attached hydrogens (tertiary/aromatic N) is 4. The van der Waals surface area contributed by atoms with Crippen LogP contribution in [-0.4, -0.2) is 21.2 Å². The van der Waals surface area contributed by atoms with Gasteiger partial charge in [0.1, 0.15) is 11.9 Å². The molecule has 0 aliphatic heterocycles. The zero-order chi connectivity index (χ0) is 15.5. The van der Waals surface area contributed by atoms with Crippen LogP contribution in [0.25, 0.3) is 0 Å². The molecule has 1 N–H and O–H groups in total. The Hall–Kier alpha value is -2.13. The van der Waals surface area contributed by atoms with Crippen molar-refractivity contribution >= 4 is 17.4 Å². The predicted octanol–water partition coefficient (Wildman–Crippen LogP) is 3.12. The minimum Gasteiger partial charge on any atom is -0.426 e. The lowest BCUT2D eigenvalue weighted by Crippen LogP contribution is -2.17. The lowest BCUT2D eigenvalue weighted by Gasteiger charge is -2.13. The predicted molar refractivity (Wildman–Crippen MR) is 81.5 cm³/mol. The Balaban J connectivity index is 1.58. The molecule has 0 unspecified atom stereocenters. The van der Waals surface area contributed by atoms with Crippen LogP contribution in [0.1, 0.15) is 36.7 Å². The van der Waals surface area contributed by atoms with Crippen LogP contribution in [0, 0.1) is 24.2 Å². The molecule has 3 rings (SSSR count). The van der Waals surface area contributed by atoms with Crippen molar-refractivity contribution in [3.63, 3.8) is 0 Å². The fraction of sp³-hybridized carbons (Fsp3) is 0.467. The molecule has 1 aliphatic carbocycles. The number of aryl methyl sites for hydroxylation is 1. The van der Waals surface area contributed by atoms with E-state index in [9.17, 15) is 0 Å². The van der Waals surface area contributed by atoms with Crippen LogP contribution in [0.15, 0.2) is 16.5 Å². The Labute approximate surface area is 133 Å². The molecule has 1 fully saturated rings. The van der Waals surface area contributed by atoms with Gasteiger partial charge in [-0.15, -0.1) is 10.2 Å². The van der Waals surface area contributed by atoms with Gasteiger partial charge in [0.05, 0.1) is 5.02 Å². The molecule has 0 amide bonds. The molecule has 0 bridgehead atoms. The van der Waals surface area contributed by atoms with Gasteiger partial charge >= 0.3 is 0 Å². The highest BCUT2D eigenvalue weighted by Crippen LogP contribution is 2.30. The van der Waals surface area contributed by atoms with Gasteiger partial charge in [-0.1, -0.05) is 11.6 Å². The molecule has 0 aromatic carbocycles. The molecule has 1 aliphatic rings. The molecule has 22 heavy (non-hydrogen) atoms. The number of aromatic nitrogens is 3. The Morgan fingerprint density at radius 2 is 2.27 bits per heavy atom. The summed E-state index contributed by atoms with van der Waals surface area (Å²) in [6, 6.07) is 5.84. The molecule has 2 aromatic heterocycles. The van der Waals surface area contributed by atoms with E-state index in [2.05, 4.69) is 20.5 Å². The van der Waals surface area contributed by atoms with Gasteiger partial charge in [0.25, 0.3) is 0 Å². The minimum atomic E-state index is 0.252. The Morgan fingerprint density at radius 1 is 1.41 bits per heavy atom. The second-order valence-corrected chi connectivity index (χ2v) is 5.99. The molecule has 0 saturated heterocycles. The Kier molecular flexibility index (Phi) is 4.25. The lowest BCUT2D eigenvalue weighted by atomic mass is 10.0. The van der Waals surface area contributed by atoms with Crippen molar-refractivity contribution in [2.24, 2.45) is 5.92 Å². The molecule has 6 nitrogen and oxygen atoms in total. The summed E-state index contributed by atoms with van der Waals surface area (Å²) in [5, 5.41) is 20.6. The van der Waals surface area contributed by atoms with Crippen molar-refractivity contribution in [1.82, 2.24) is 15.2 Å². The fourth-order valence-corrected chi connectivity index (χ4v) is 3.02. The van der Waals surface area contributed by atoms with Gasteiger partial charge < -0.3 is 9.73 Å². The third-order valence-electron chi connectivity index (χ3n) is 3.88. The van der Waals surface area contributed by atoms with E-state index < -0.39 is 0 Å². The average Bonchev–Trinajstić information content (AvgIpc) is 3.11. The molecule has 0 spiro atoms. The zero-order valence-corrected chi connectivity index (χ0v) is 13.0. The molecular formula is C15H16ClN5O. The number of rotatable bonds is 4. The number of nitriles is 1. The number of nitrogens with one attached hydrogen (secondary N) is 1. The number of halogens is 1. The van der Waals surface area contributed by atoms with Crippen molar-refractivity contribution in [2.45, 2.75) is 38.6 Å². The first kappa shape index (κ1) is 14.8. The SMILES string of the molecule is Cc1nnc(C[C@@H]2CC[C@H](Nc3ccc(Cl)c(C#N)n3)C2)o1. The van der Waals surface area contributed by atoms with Crippen LogP contribution >= 0.6 is 11.6 Å². The van der Waals surface area contributed by atoms with E-state index in [0.717, 1.165) is 25.7 Å². The van der Waals surface area contributed by atoms with Crippen LogP contribution in [0.5, 0.6) is 0 Å². The van der Waals surface area contributed by atoms with Crippen molar-refractivity contribution in [3.05, 3.63) is 34.6 Å². The van der Waals surface area contributed by atoms with Crippen LogP contribution in [-0.2, 0) is 6.42 Å². The Bertz CT molecular complexity index is 708. The van der Waals surface area contributed by atoms with E-state index in [1.807, 2.05) is 6.07 Å². The summed E-state index contributed by atoms with van der Waals surface area (Å²) in [5.41, 5.74) is 0.252. The molecular weight excluding hydrogens is 302 g/mol. The molecule has 2 atom stereocenters. The van der Waals surface area contributed by atoms with Crippen molar-refractivity contribution < 1.29 is 4.42 Å². The second kappa shape index (κ2) is 6.32. The zero-order valence-electron chi connectivity index (χ0n) is 12.2. The van der Waals surface area contributed by atoms with E-state index in [1.54, 1.807) is 19.1 Å². The van der Waals surface area contributed by atoms with E-state index in [-0.39, 0.29) is 5.69 Å². The van der Waals surface area contributed by atoms with Crippen LogP contribution in [0.3, 0.4) is 0 Å². The van der Waals surface area contributed by atoms with Gasteiger partial charge in [0, 0.05) is 19.4 Å². The Morgan fingerprint density at radius 3 is 3.00 bits per heavy atom. The van der Waals surface area contributed by atoms with E-state index >= 15 is 0 Å². The van der Waals surface area contributed by atoms with Gasteiger partial charge in [-0.05, 0) is 37.3 Å². The topological polar surface area (TPSA) is 87.6 Å². The molecule has 0 radical (unpaired) electrons. The minimum absolute atomic E-state index is 0.252. The van der Waals surface area contributed by atoms with Crippen LogP contribution in [0.4, 0.5) is 5.82 Å². The third kappa shape index (κ3) is 3.37. The first-order valence-corrected chi connectivity index (χ1v) is 7.64. The molecule has 2 aromatic rings. The van der Waals surface area contributed by atoms with E-state index in [0.29, 0.717) is 34.6 Å². The summed E-state index contributed by atoms with van der Waals surface area (Å²) in [7, 11) is 0. The maximum Gasteiger partial charge on any atom is 0.216 e. The monoisotopic (exact) mass is 317 g/mol. The van der Waals surface area contributed by atoms with Gasteiger partial charge in [-0.3, -0.25) is 0 Å². The first-order chi connectivity index (χ1) is 10.6. The van der Waals surface area contributed by atoms with Crippen molar-refractivity contribution in [2.75, 3.05) is 5.32 Å². The maximum atomic E-state index is 8.96. The summed E-state index contributed by atoms with van der Waals surface area (Å²) < 4.78 is 5.44. The van der Waals surface area contributed by atoms with Crippen molar-refractivity contribution in [1.29, 1.82) is 5.26 Å². The standard InChI is InChI=1S/C15H16ClN5O/c1-9-20-21-15(22-9)7-10-2-3-11(6-10)18-14-5-4-12(16)13(8-17)19-14/h4-5,10-11H,2-3,6-7H2,1H3,(H,18,19)/t10-,11+/m1/s1. The lowest BCUT2D eigenvalue weighted by molar-refractivity contribution is 0.416. The highest BCUT2D eigenvalue weighted by Gasteiger charge is 2.26. The fourth-order valence-electron chi connectivity index (χ4n) is 2.87. The summed E-state index contributed by atoms with van der Waals surface area (Å²) in [4.78, 5) is 4.22. The maximum absolute atomic E-state index is 8.96. The molecule has 114 valence electrons. The van der Waals surface area contributed by atoms with Crippen LogP contribution < -0.4 is 5.32 Å². The highest BCUT2D eigenvalue weighted by molar-refractivity contribution is 6.31. The normalized spacial score (nSPS) is 20.8. The number of anilines is 1. The molecule has 7 heteroatoms. The van der Waals surface area contributed by atoms with Gasteiger partial charge in [0.15, 0.2) is 5.69 Å². The summed E-state index contributed by atoms with van der Waals surface area (Å²) in [5.74, 6) is 2.54. The van der Waals surface area contributed by atoms with Gasteiger partial charge in [0.2, 0.25) is 11.8 Å². The quantitative estimate of drug-likeness (QED) is 0.932. The number of hydrogen-bond acceptors (Lipinski definition) is 6. The highest BCUT2D eigenvalue weighted by atomic mass is 35.5. The van der Waals surface area contributed by atoms with Crippen molar-refractivity contribution in [3.8, 4) is 6.07 Å². The summed E-state index contributed by atoms with van der Waals surface area (Å²) >= 11 is 5.89. The molecule has 2 heterocycles. The summed E-state index contributed by atoms with van der Waals surface area (Å²) in [6.45, 7) is 1.80. The average molecular weight is 318 g/mol. The largest absolute Gasteiger partial charge is 0.426 e. The summed E-state index contributed by atoms with van der Waals surface area (Å²) in [6.07, 6.45) is 4.01. The molecule has 1 saturated carbocycles. The smallest absolute Gasteiger partial charge is 0.216 e. The number of hydrogen-bond donors (Lipinski definition) is 1. The van der Waals surface area contributed by atoms with E-state index in [1.165, 1.54) is 0 Å². The second-order valence-electron chi connectivity index (χ2n) is 5.58. The first-order valence-electron chi connectivity index (χ1n) is 7.26. The van der Waals surface area contributed by atoms with Gasteiger partial charge in [-0.25, -0.2) is 4.98 Å². The van der Waals surface area contributed by atoms with Crippen LogP contribution in [0.2, 0.25) is 5.02 Å². The van der Waals surface area contributed by atoms with Gasteiger partial charge in [-0.2, -0.15) is 5.26 Å². The third-order valence-corrected chi connectivity index (χ3v) is 4.18.